The average molecular weight is 412 g/mol. The summed E-state index contributed by atoms with van der Waals surface area (Å²) >= 11 is 3.42. The van der Waals surface area contributed by atoms with Gasteiger partial charge in [-0.3, -0.25) is 9.69 Å². The number of piperazine rings is 1. The van der Waals surface area contributed by atoms with Gasteiger partial charge in [0.05, 0.1) is 22.0 Å². The summed E-state index contributed by atoms with van der Waals surface area (Å²) in [6.07, 6.45) is 0. The molecule has 0 radical (unpaired) electrons. The van der Waals surface area contributed by atoms with Crippen molar-refractivity contribution in [2.24, 2.45) is 0 Å². The van der Waals surface area contributed by atoms with Gasteiger partial charge in [-0.25, -0.2) is 4.98 Å². The van der Waals surface area contributed by atoms with Crippen LogP contribution in [-0.2, 0) is 11.3 Å². The smallest absolute Gasteiger partial charge is 0.235 e. The number of nitrogens with zero attached hydrogens (tertiary/aromatic N) is 3. The molecule has 1 fully saturated rings. The molecule has 4 rings (SSSR count). The van der Waals surface area contributed by atoms with Crippen LogP contribution in [0.2, 0.25) is 0 Å². The molecule has 1 aromatic heterocycles. The van der Waals surface area contributed by atoms with Gasteiger partial charge in [0.25, 0.3) is 0 Å². The number of hydrogen-bond acceptors (Lipinski definition) is 5. The Morgan fingerprint density at radius 3 is 2.54 bits per heavy atom. The van der Waals surface area contributed by atoms with Crippen LogP contribution >= 0.6 is 23.1 Å². The van der Waals surface area contributed by atoms with Crippen molar-refractivity contribution in [1.29, 1.82) is 0 Å². The molecule has 2 aromatic carbocycles. The number of thioether (sulfide) groups is 1. The number of rotatable bonds is 5. The summed E-state index contributed by atoms with van der Waals surface area (Å²) in [6.45, 7) is 8.37. The molecule has 0 unspecified atom stereocenters. The lowest BCUT2D eigenvalue weighted by molar-refractivity contribution is -0.132. The minimum absolute atomic E-state index is 0.0569. The Morgan fingerprint density at radius 1 is 1.11 bits per heavy atom. The molecule has 0 bridgehead atoms. The number of hydrogen-bond donors (Lipinski definition) is 0. The highest BCUT2D eigenvalue weighted by Crippen LogP contribution is 2.26. The van der Waals surface area contributed by atoms with E-state index in [2.05, 4.69) is 54.3 Å². The van der Waals surface area contributed by atoms with Crippen LogP contribution in [0, 0.1) is 6.92 Å². The Kier molecular flexibility index (Phi) is 5.99. The van der Waals surface area contributed by atoms with Crippen molar-refractivity contribution in [2.75, 3.05) is 26.2 Å². The number of benzene rings is 2. The predicted octanol–water partition coefficient (Wildman–Crippen LogP) is 4.43. The molecule has 1 amide bonds. The minimum Gasteiger partial charge on any atom is -0.339 e. The van der Waals surface area contributed by atoms with Gasteiger partial charge in [-0.1, -0.05) is 29.8 Å². The molecule has 0 N–H and O–H groups in total. The molecule has 146 valence electrons. The first-order valence-corrected chi connectivity index (χ1v) is 11.4. The van der Waals surface area contributed by atoms with Gasteiger partial charge in [0.1, 0.15) is 5.01 Å². The molecule has 28 heavy (non-hydrogen) atoms. The van der Waals surface area contributed by atoms with E-state index in [0.717, 1.165) is 48.1 Å². The van der Waals surface area contributed by atoms with E-state index in [-0.39, 0.29) is 11.2 Å². The number of amides is 1. The van der Waals surface area contributed by atoms with Gasteiger partial charge in [0.15, 0.2) is 0 Å². The SMILES string of the molecule is Cc1ccc(S[C@@H](C)C(=O)N2CCN(Cc3nc4ccccc4s3)CC2)cc1. The number of carbonyl (C=O) groups excluding carboxylic acids is 1. The third kappa shape index (κ3) is 4.57. The third-order valence-corrected chi connectivity index (χ3v) is 7.18. The van der Waals surface area contributed by atoms with Gasteiger partial charge in [0.2, 0.25) is 5.91 Å². The van der Waals surface area contributed by atoms with Crippen LogP contribution in [0.1, 0.15) is 17.5 Å². The van der Waals surface area contributed by atoms with Crippen molar-refractivity contribution >= 4 is 39.2 Å². The molecule has 2 heterocycles. The first kappa shape index (κ1) is 19.4. The summed E-state index contributed by atoms with van der Waals surface area (Å²) in [5.41, 5.74) is 2.32. The van der Waals surface area contributed by atoms with E-state index >= 15 is 0 Å². The number of aromatic nitrogens is 1. The zero-order valence-electron chi connectivity index (χ0n) is 16.3. The Bertz CT molecular complexity index is 913. The molecule has 0 spiro atoms. The maximum absolute atomic E-state index is 12.8. The maximum atomic E-state index is 12.8. The summed E-state index contributed by atoms with van der Waals surface area (Å²) in [6, 6.07) is 16.7. The largest absolute Gasteiger partial charge is 0.339 e. The zero-order chi connectivity index (χ0) is 19.5. The summed E-state index contributed by atoms with van der Waals surface area (Å²) in [5, 5.41) is 1.10. The Hall–Kier alpha value is -1.89. The van der Waals surface area contributed by atoms with Crippen LogP contribution in [0.4, 0.5) is 0 Å². The Morgan fingerprint density at radius 2 is 1.82 bits per heavy atom. The van der Waals surface area contributed by atoms with Gasteiger partial charge >= 0.3 is 0 Å². The fourth-order valence-corrected chi connectivity index (χ4v) is 5.39. The van der Waals surface area contributed by atoms with Crippen molar-refractivity contribution in [3.8, 4) is 0 Å². The van der Waals surface area contributed by atoms with E-state index in [0.29, 0.717) is 0 Å². The van der Waals surface area contributed by atoms with Gasteiger partial charge in [-0.15, -0.1) is 23.1 Å². The van der Waals surface area contributed by atoms with E-state index in [1.807, 2.05) is 17.9 Å². The molecule has 1 aliphatic heterocycles. The summed E-state index contributed by atoms with van der Waals surface area (Å²) in [4.78, 5) is 23.1. The highest BCUT2D eigenvalue weighted by atomic mass is 32.2. The lowest BCUT2D eigenvalue weighted by Crippen LogP contribution is -2.50. The molecule has 0 aliphatic carbocycles. The van der Waals surface area contributed by atoms with E-state index in [9.17, 15) is 4.79 Å². The third-order valence-electron chi connectivity index (χ3n) is 5.06. The predicted molar refractivity (Wildman–Crippen MR) is 118 cm³/mol. The normalized spacial score (nSPS) is 16.4. The van der Waals surface area contributed by atoms with Crippen molar-refractivity contribution in [2.45, 2.75) is 30.5 Å². The van der Waals surface area contributed by atoms with Gasteiger partial charge in [-0.05, 0) is 38.1 Å². The van der Waals surface area contributed by atoms with E-state index in [1.54, 1.807) is 23.1 Å². The fraction of sp³-hybridized carbons (Fsp3) is 0.364. The van der Waals surface area contributed by atoms with Crippen LogP contribution in [0.25, 0.3) is 10.2 Å². The summed E-state index contributed by atoms with van der Waals surface area (Å²) in [5.74, 6) is 0.241. The molecule has 1 atom stereocenters. The maximum Gasteiger partial charge on any atom is 0.235 e. The second-order valence-corrected chi connectivity index (χ2v) is 9.78. The molecule has 1 aliphatic rings. The highest BCUT2D eigenvalue weighted by Gasteiger charge is 2.26. The van der Waals surface area contributed by atoms with Crippen LogP contribution in [0.15, 0.2) is 53.4 Å². The Balaban J connectivity index is 1.29. The first-order valence-electron chi connectivity index (χ1n) is 9.67. The second kappa shape index (κ2) is 8.64. The molecular weight excluding hydrogens is 386 g/mol. The van der Waals surface area contributed by atoms with Crippen molar-refractivity contribution < 1.29 is 4.79 Å². The molecule has 6 heteroatoms. The van der Waals surface area contributed by atoms with E-state index < -0.39 is 0 Å². The highest BCUT2D eigenvalue weighted by molar-refractivity contribution is 8.00. The molecule has 0 saturated carbocycles. The number of fused-ring (bicyclic) bond motifs is 1. The van der Waals surface area contributed by atoms with Crippen LogP contribution in [0.5, 0.6) is 0 Å². The number of thiazole rings is 1. The number of aryl methyl sites for hydroxylation is 1. The van der Waals surface area contributed by atoms with Gasteiger partial charge in [0, 0.05) is 31.1 Å². The number of carbonyl (C=O) groups is 1. The summed E-state index contributed by atoms with van der Waals surface area (Å²) < 4.78 is 1.24. The van der Waals surface area contributed by atoms with E-state index in [4.69, 9.17) is 4.98 Å². The first-order chi connectivity index (χ1) is 13.6. The lowest BCUT2D eigenvalue weighted by atomic mass is 10.2. The van der Waals surface area contributed by atoms with Gasteiger partial charge in [-0.2, -0.15) is 0 Å². The molecule has 1 saturated heterocycles. The second-order valence-electron chi connectivity index (χ2n) is 7.25. The fourth-order valence-electron chi connectivity index (χ4n) is 3.43. The quantitative estimate of drug-likeness (QED) is 0.582. The lowest BCUT2D eigenvalue weighted by Gasteiger charge is -2.35. The van der Waals surface area contributed by atoms with Crippen LogP contribution < -0.4 is 0 Å². The molecule has 4 nitrogen and oxygen atoms in total. The van der Waals surface area contributed by atoms with Crippen molar-refractivity contribution in [3.05, 3.63) is 59.1 Å². The molecular formula is C22H25N3OS2. The average Bonchev–Trinajstić information content (AvgIpc) is 3.12. The minimum atomic E-state index is -0.0569. The summed E-state index contributed by atoms with van der Waals surface area (Å²) in [7, 11) is 0. The number of para-hydroxylation sites is 1. The van der Waals surface area contributed by atoms with Crippen LogP contribution in [-0.4, -0.2) is 52.1 Å². The van der Waals surface area contributed by atoms with Crippen molar-refractivity contribution in [1.82, 2.24) is 14.8 Å². The standard InChI is InChI=1S/C22H25N3OS2/c1-16-7-9-18(10-8-16)27-17(2)22(26)25-13-11-24(12-14-25)15-21-23-19-5-3-4-6-20(19)28-21/h3-10,17H,11-15H2,1-2H3/t17-/m0/s1. The van der Waals surface area contributed by atoms with Crippen LogP contribution in [0.3, 0.4) is 0 Å². The topological polar surface area (TPSA) is 36.4 Å². The molecule has 3 aromatic rings. The monoisotopic (exact) mass is 411 g/mol. The zero-order valence-corrected chi connectivity index (χ0v) is 17.9. The van der Waals surface area contributed by atoms with Gasteiger partial charge < -0.3 is 4.90 Å². The van der Waals surface area contributed by atoms with Crippen molar-refractivity contribution in [3.63, 3.8) is 0 Å². The van der Waals surface area contributed by atoms with E-state index in [1.165, 1.54) is 10.3 Å². The Labute approximate surface area is 174 Å².